The van der Waals surface area contributed by atoms with Gasteiger partial charge in [0.05, 0.1) is 11.5 Å². The number of halogens is 1. The third kappa shape index (κ3) is 3.28. The van der Waals surface area contributed by atoms with Gasteiger partial charge in [-0.05, 0) is 43.5 Å². The second-order valence-electron chi connectivity index (χ2n) is 4.28. The Morgan fingerprint density at radius 1 is 1.33 bits per heavy atom. The molecule has 0 bridgehead atoms. The predicted molar refractivity (Wildman–Crippen MR) is 67.4 cm³/mol. The first-order valence-electron chi connectivity index (χ1n) is 5.71. The van der Waals surface area contributed by atoms with Gasteiger partial charge >= 0.3 is 0 Å². The van der Waals surface area contributed by atoms with E-state index in [1.165, 1.54) is 12.1 Å². The Balaban J connectivity index is 3.21. The summed E-state index contributed by atoms with van der Waals surface area (Å²) in [5.74, 6) is -0.460. The van der Waals surface area contributed by atoms with Crippen LogP contribution in [0.15, 0.2) is 17.0 Å². The zero-order valence-electron chi connectivity index (χ0n) is 10.7. The highest BCUT2D eigenvalue weighted by atomic mass is 32.2. The van der Waals surface area contributed by atoms with Crippen LogP contribution >= 0.6 is 0 Å². The summed E-state index contributed by atoms with van der Waals surface area (Å²) in [6, 6.07) is 1.84. The van der Waals surface area contributed by atoms with E-state index in [1.807, 2.05) is 0 Å². The molecule has 0 saturated heterocycles. The molecule has 1 aromatic rings. The quantitative estimate of drug-likeness (QED) is 0.855. The van der Waals surface area contributed by atoms with Crippen LogP contribution in [0.25, 0.3) is 0 Å². The number of hydrogen-bond acceptors (Lipinski definition) is 3. The second-order valence-corrected chi connectivity index (χ2v) is 5.93. The third-order valence-corrected chi connectivity index (χ3v) is 4.55. The van der Waals surface area contributed by atoms with Crippen LogP contribution in [0.5, 0.6) is 0 Å². The Bertz CT molecular complexity index is 501. The molecule has 18 heavy (non-hydrogen) atoms. The van der Waals surface area contributed by atoms with Crippen molar-refractivity contribution >= 4 is 10.0 Å². The highest BCUT2D eigenvalue weighted by Crippen LogP contribution is 2.21. The van der Waals surface area contributed by atoms with Crippen molar-refractivity contribution in [3.63, 3.8) is 0 Å². The lowest BCUT2D eigenvalue weighted by Crippen LogP contribution is -2.37. The summed E-state index contributed by atoms with van der Waals surface area (Å²) in [6.45, 7) is 4.60. The molecule has 2 N–H and O–H groups in total. The number of benzene rings is 1. The van der Waals surface area contributed by atoms with Gasteiger partial charge in [-0.2, -0.15) is 0 Å². The minimum Gasteiger partial charge on any atom is -0.395 e. The van der Waals surface area contributed by atoms with Crippen LogP contribution in [0.1, 0.15) is 24.5 Å². The monoisotopic (exact) mass is 275 g/mol. The first-order valence-corrected chi connectivity index (χ1v) is 7.20. The second kappa shape index (κ2) is 5.77. The predicted octanol–water partition coefficient (Wildman–Crippen LogP) is 1.49. The van der Waals surface area contributed by atoms with Crippen molar-refractivity contribution in [1.82, 2.24) is 4.72 Å². The first kappa shape index (κ1) is 15.1. The molecule has 0 amide bonds. The molecule has 0 heterocycles. The van der Waals surface area contributed by atoms with E-state index in [1.54, 1.807) is 20.8 Å². The molecule has 102 valence electrons. The van der Waals surface area contributed by atoms with Gasteiger partial charge in [0.15, 0.2) is 0 Å². The fourth-order valence-corrected chi connectivity index (χ4v) is 3.61. The summed E-state index contributed by atoms with van der Waals surface area (Å²) in [5, 5.41) is 9.03. The van der Waals surface area contributed by atoms with E-state index >= 15 is 0 Å². The summed E-state index contributed by atoms with van der Waals surface area (Å²) >= 11 is 0. The van der Waals surface area contributed by atoms with Gasteiger partial charge in [0.1, 0.15) is 5.82 Å². The Kier molecular flexibility index (Phi) is 4.84. The molecule has 0 saturated carbocycles. The number of aliphatic hydroxyl groups is 1. The van der Waals surface area contributed by atoms with Crippen LogP contribution in [0.2, 0.25) is 0 Å². The number of hydrogen-bond donors (Lipinski definition) is 2. The average Bonchev–Trinajstić information content (AvgIpc) is 2.23. The van der Waals surface area contributed by atoms with E-state index in [9.17, 15) is 12.8 Å². The Morgan fingerprint density at radius 3 is 2.22 bits per heavy atom. The molecule has 0 aromatic heterocycles. The van der Waals surface area contributed by atoms with Gasteiger partial charge in [-0.1, -0.05) is 6.92 Å². The van der Waals surface area contributed by atoms with Crippen LogP contribution in [-0.2, 0) is 10.0 Å². The molecule has 0 radical (unpaired) electrons. The molecular weight excluding hydrogens is 257 g/mol. The summed E-state index contributed by atoms with van der Waals surface area (Å²) in [4.78, 5) is 0.0794. The number of aliphatic hydroxyl groups excluding tert-OH is 1. The van der Waals surface area contributed by atoms with Crippen molar-refractivity contribution in [3.05, 3.63) is 29.1 Å². The highest BCUT2D eigenvalue weighted by molar-refractivity contribution is 7.89. The van der Waals surface area contributed by atoms with Gasteiger partial charge in [0, 0.05) is 6.04 Å². The number of rotatable bonds is 5. The topological polar surface area (TPSA) is 66.4 Å². The van der Waals surface area contributed by atoms with Crippen LogP contribution in [0.3, 0.4) is 0 Å². The molecule has 1 aromatic carbocycles. The first-order chi connectivity index (χ1) is 8.31. The van der Waals surface area contributed by atoms with Crippen molar-refractivity contribution in [2.75, 3.05) is 6.61 Å². The van der Waals surface area contributed by atoms with E-state index in [2.05, 4.69) is 4.72 Å². The van der Waals surface area contributed by atoms with Crippen LogP contribution in [0.4, 0.5) is 4.39 Å². The van der Waals surface area contributed by atoms with Crippen LogP contribution in [0, 0.1) is 19.7 Å². The van der Waals surface area contributed by atoms with Crippen molar-refractivity contribution in [2.45, 2.75) is 38.1 Å². The van der Waals surface area contributed by atoms with Gasteiger partial charge < -0.3 is 5.11 Å². The Hall–Kier alpha value is -0.980. The third-order valence-electron chi connectivity index (χ3n) is 2.73. The van der Waals surface area contributed by atoms with Crippen molar-refractivity contribution in [3.8, 4) is 0 Å². The molecule has 0 aliphatic carbocycles. The van der Waals surface area contributed by atoms with Crippen molar-refractivity contribution < 1.29 is 17.9 Å². The summed E-state index contributed by atoms with van der Waals surface area (Å²) in [6.07, 6.45) is 0.481. The molecule has 0 aliphatic rings. The van der Waals surface area contributed by atoms with E-state index < -0.39 is 21.9 Å². The molecular formula is C12H18FNO3S. The average molecular weight is 275 g/mol. The Labute approximate surface area is 107 Å². The number of nitrogens with one attached hydrogen (secondary N) is 1. The van der Waals surface area contributed by atoms with E-state index in [-0.39, 0.29) is 11.5 Å². The van der Waals surface area contributed by atoms with Crippen molar-refractivity contribution in [1.29, 1.82) is 0 Å². The molecule has 1 atom stereocenters. The normalized spacial score (nSPS) is 13.6. The van der Waals surface area contributed by atoms with Gasteiger partial charge in [-0.25, -0.2) is 17.5 Å². The zero-order valence-corrected chi connectivity index (χ0v) is 11.5. The fourth-order valence-electron chi connectivity index (χ4n) is 1.85. The van der Waals surface area contributed by atoms with Crippen molar-refractivity contribution in [2.24, 2.45) is 0 Å². The maximum absolute atomic E-state index is 13.1. The van der Waals surface area contributed by atoms with Gasteiger partial charge in [-0.3, -0.25) is 0 Å². The summed E-state index contributed by atoms with van der Waals surface area (Å²) in [7, 11) is -3.74. The minimum absolute atomic E-state index is 0.0794. The molecule has 1 unspecified atom stereocenters. The molecule has 0 aliphatic heterocycles. The lowest BCUT2D eigenvalue weighted by Gasteiger charge is -2.17. The SMILES string of the molecule is CCC(CO)NS(=O)(=O)c1c(C)cc(F)cc1C. The smallest absolute Gasteiger partial charge is 0.241 e. The van der Waals surface area contributed by atoms with E-state index in [0.29, 0.717) is 17.5 Å². The van der Waals surface area contributed by atoms with Crippen LogP contribution in [-0.4, -0.2) is 26.2 Å². The lowest BCUT2D eigenvalue weighted by molar-refractivity contribution is 0.254. The molecule has 6 heteroatoms. The standard InChI is InChI=1S/C12H18FNO3S/c1-4-11(7-15)14-18(16,17)12-8(2)5-10(13)6-9(12)3/h5-6,11,14-15H,4,7H2,1-3H3. The Morgan fingerprint density at radius 2 is 1.83 bits per heavy atom. The molecule has 0 spiro atoms. The van der Waals surface area contributed by atoms with Crippen LogP contribution < -0.4 is 4.72 Å². The van der Waals surface area contributed by atoms with E-state index in [4.69, 9.17) is 5.11 Å². The van der Waals surface area contributed by atoms with Gasteiger partial charge in [-0.15, -0.1) is 0 Å². The summed E-state index contributed by atoms with van der Waals surface area (Å²) in [5.41, 5.74) is 0.709. The minimum atomic E-state index is -3.74. The summed E-state index contributed by atoms with van der Waals surface area (Å²) < 4.78 is 39.9. The zero-order chi connectivity index (χ0) is 13.9. The van der Waals surface area contributed by atoms with Gasteiger partial charge in [0.25, 0.3) is 0 Å². The lowest BCUT2D eigenvalue weighted by atomic mass is 10.1. The fraction of sp³-hybridized carbons (Fsp3) is 0.500. The number of sulfonamides is 1. The molecule has 0 fully saturated rings. The number of aryl methyl sites for hydroxylation is 2. The molecule has 1 rings (SSSR count). The molecule has 4 nitrogen and oxygen atoms in total. The highest BCUT2D eigenvalue weighted by Gasteiger charge is 2.23. The largest absolute Gasteiger partial charge is 0.395 e. The maximum Gasteiger partial charge on any atom is 0.241 e. The maximum atomic E-state index is 13.1. The van der Waals surface area contributed by atoms with Gasteiger partial charge in [0.2, 0.25) is 10.0 Å². The van der Waals surface area contributed by atoms with E-state index in [0.717, 1.165) is 0 Å².